The first-order chi connectivity index (χ1) is 21.9. The van der Waals surface area contributed by atoms with Crippen LogP contribution in [0.5, 0.6) is 0 Å². The first-order valence-electron chi connectivity index (χ1n) is 16.7. The quantitative estimate of drug-likeness (QED) is 0.176. The van der Waals surface area contributed by atoms with Crippen molar-refractivity contribution in [3.05, 3.63) is 72.1 Å². The van der Waals surface area contributed by atoms with E-state index in [-0.39, 0.29) is 33.9 Å². The van der Waals surface area contributed by atoms with Gasteiger partial charge in [-0.2, -0.15) is 0 Å². The number of allylic oxidation sites excluding steroid dienone is 3. The predicted octanol–water partition coefficient (Wildman–Crippen LogP) is 8.10. The third-order valence-electron chi connectivity index (χ3n) is 10.5. The molecule has 5 atom stereocenters. The number of carbonyl (C=O) groups excluding carboxylic acids is 2. The van der Waals surface area contributed by atoms with Crippen LogP contribution in [-0.4, -0.2) is 54.0 Å². The smallest absolute Gasteiger partial charge is 0.325 e. The van der Waals surface area contributed by atoms with E-state index >= 15 is 0 Å². The van der Waals surface area contributed by atoms with Gasteiger partial charge in [0.15, 0.2) is 11.3 Å². The number of aromatic nitrogens is 1. The fourth-order valence-electron chi connectivity index (χ4n) is 6.36. The SMILES string of the molecule is [CH+]=C1C(=N)C(C)C(=O)N2CCCC(N2)C(=O)O[C@H](C)c2ccc3cnc(cc3c2)/C=C/CC(=C)C(=N)C1C(C)C[Si](C)(C)C(C)(C)C. The predicted molar refractivity (Wildman–Crippen MR) is 194 cm³/mol. The Hall–Kier alpha value is -3.78. The summed E-state index contributed by atoms with van der Waals surface area (Å²) in [6.45, 7) is 28.6. The molecular weight excluding hydrogens is 603 g/mol. The van der Waals surface area contributed by atoms with E-state index in [0.29, 0.717) is 31.4 Å². The number of hydrazine groups is 1. The van der Waals surface area contributed by atoms with Crippen LogP contribution in [0.3, 0.4) is 0 Å². The lowest BCUT2D eigenvalue weighted by atomic mass is 9.77. The number of fused-ring (bicyclic) bond motifs is 4. The van der Waals surface area contributed by atoms with Crippen molar-refractivity contribution in [3.8, 4) is 0 Å². The molecular formula is C38H52N5O3Si+. The molecule has 3 N–H and O–H groups in total. The van der Waals surface area contributed by atoms with Gasteiger partial charge >= 0.3 is 5.97 Å². The highest BCUT2D eigenvalue weighted by Crippen LogP contribution is 2.43. The molecule has 8 nitrogen and oxygen atoms in total. The maximum absolute atomic E-state index is 13.8. The van der Waals surface area contributed by atoms with Crippen molar-refractivity contribution >= 4 is 48.2 Å². The number of esters is 1. The molecule has 3 heterocycles. The molecule has 2 aliphatic rings. The second-order valence-electron chi connectivity index (χ2n) is 15.1. The van der Waals surface area contributed by atoms with Crippen molar-refractivity contribution in [3.63, 3.8) is 0 Å². The molecule has 1 aromatic heterocycles. The Kier molecular flexibility index (Phi) is 10.8. The lowest BCUT2D eigenvalue weighted by Crippen LogP contribution is -2.57. The standard InChI is InChI=1S/C38H52N5O3Si/c1-23-13-11-14-31-20-30-19-28(16-17-29(30)21-41-31)27(5)46-37(45)32-15-12-18-43(42-32)36(44)26(4)35(40)25(3)33(34(23)39)24(2)22-47(9,10)38(6,7)8/h3,11,14,16-17,19-21,24,26-27,32-33,39-40,42H,1,12-13,15,18,22H2,2,4-10H3/q+1/b14-11+,39-34?,40-35?/t24?,26?,27-,32?,33?/m1/s1. The molecule has 5 bridgehead atoms. The van der Waals surface area contributed by atoms with E-state index in [4.69, 9.17) is 16.7 Å². The first kappa shape index (κ1) is 36.1. The van der Waals surface area contributed by atoms with Crippen molar-refractivity contribution in [2.75, 3.05) is 6.54 Å². The summed E-state index contributed by atoms with van der Waals surface area (Å²) in [5.41, 5.74) is 5.82. The third-order valence-corrected chi connectivity index (χ3v) is 16.2. The van der Waals surface area contributed by atoms with Crippen LogP contribution in [0.2, 0.25) is 24.2 Å². The highest BCUT2D eigenvalue weighted by molar-refractivity contribution is 6.80. The summed E-state index contributed by atoms with van der Waals surface area (Å²) >= 11 is 0. The summed E-state index contributed by atoms with van der Waals surface area (Å²) in [5, 5.41) is 22.0. The number of amides is 1. The van der Waals surface area contributed by atoms with E-state index in [1.54, 1.807) is 6.92 Å². The van der Waals surface area contributed by atoms with Gasteiger partial charge in [-0.05, 0) is 78.8 Å². The fraction of sp³-hybridized carbons (Fsp3) is 0.500. The zero-order chi connectivity index (χ0) is 34.8. The second-order valence-corrected chi connectivity index (χ2v) is 20.8. The summed E-state index contributed by atoms with van der Waals surface area (Å²) in [5.74, 6) is -2.26. The molecule has 1 fully saturated rings. The number of rotatable bonds is 3. The molecule has 4 rings (SSSR count). The number of pyridine rings is 1. The molecule has 1 saturated heterocycles. The van der Waals surface area contributed by atoms with E-state index in [1.165, 1.54) is 5.01 Å². The summed E-state index contributed by atoms with van der Waals surface area (Å²) < 4.78 is 5.88. The molecule has 4 unspecified atom stereocenters. The van der Waals surface area contributed by atoms with Crippen LogP contribution in [0.1, 0.15) is 78.2 Å². The Morgan fingerprint density at radius 3 is 2.53 bits per heavy atom. The normalized spacial score (nSPS) is 25.6. The van der Waals surface area contributed by atoms with Crippen LogP contribution in [0.25, 0.3) is 16.8 Å². The van der Waals surface area contributed by atoms with Crippen LogP contribution < -0.4 is 5.43 Å². The van der Waals surface area contributed by atoms with Gasteiger partial charge in [0.2, 0.25) is 0 Å². The number of nitrogens with one attached hydrogen (secondary N) is 3. The molecule has 250 valence electrons. The zero-order valence-corrected chi connectivity index (χ0v) is 30.4. The molecule has 1 amide bonds. The minimum absolute atomic E-state index is 0.00188. The van der Waals surface area contributed by atoms with Crippen molar-refractivity contribution in [2.24, 2.45) is 17.8 Å². The van der Waals surface area contributed by atoms with Gasteiger partial charge in [-0.25, -0.2) is 10.8 Å². The Labute approximate surface area is 281 Å². The maximum atomic E-state index is 13.8. The number of nitrogens with zero attached hydrogens (tertiary/aromatic N) is 2. The molecule has 47 heavy (non-hydrogen) atoms. The summed E-state index contributed by atoms with van der Waals surface area (Å²) in [7, 11) is -1.80. The van der Waals surface area contributed by atoms with Gasteiger partial charge in [0, 0.05) is 23.8 Å². The van der Waals surface area contributed by atoms with Crippen LogP contribution >= 0.6 is 0 Å². The zero-order valence-electron chi connectivity index (χ0n) is 29.4. The highest BCUT2D eigenvalue weighted by Gasteiger charge is 2.44. The number of hydrogen-bond acceptors (Lipinski definition) is 7. The van der Waals surface area contributed by atoms with Gasteiger partial charge in [0.25, 0.3) is 5.91 Å². The lowest BCUT2D eigenvalue weighted by Gasteiger charge is -2.40. The Bertz CT molecular complexity index is 1620. The minimum Gasteiger partial charge on any atom is -0.457 e. The molecule has 0 aliphatic carbocycles. The average Bonchev–Trinajstić information content (AvgIpc) is 3.02. The molecule has 1 aromatic carbocycles. The van der Waals surface area contributed by atoms with Crippen LogP contribution in [0.15, 0.2) is 54.3 Å². The maximum Gasteiger partial charge on any atom is 0.325 e. The van der Waals surface area contributed by atoms with Crippen LogP contribution in [0.4, 0.5) is 0 Å². The number of benzene rings is 1. The van der Waals surface area contributed by atoms with Gasteiger partial charge in [0.05, 0.1) is 26.3 Å². The van der Waals surface area contributed by atoms with Gasteiger partial charge < -0.3 is 10.1 Å². The van der Waals surface area contributed by atoms with E-state index in [9.17, 15) is 15.0 Å². The van der Waals surface area contributed by atoms with Gasteiger partial charge in [-0.3, -0.25) is 19.6 Å². The minimum atomic E-state index is -1.80. The lowest BCUT2D eigenvalue weighted by molar-refractivity contribution is -0.156. The van der Waals surface area contributed by atoms with E-state index in [1.807, 2.05) is 49.5 Å². The highest BCUT2D eigenvalue weighted by atomic mass is 28.3. The van der Waals surface area contributed by atoms with Crippen LogP contribution in [-0.2, 0) is 14.3 Å². The Balaban J connectivity index is 1.74. The van der Waals surface area contributed by atoms with Crippen molar-refractivity contribution in [2.45, 2.75) is 97.1 Å². The van der Waals surface area contributed by atoms with Crippen molar-refractivity contribution < 1.29 is 14.3 Å². The number of ether oxygens (including phenoxy) is 1. The Morgan fingerprint density at radius 1 is 1.15 bits per heavy atom. The monoisotopic (exact) mass is 654 g/mol. The molecule has 0 spiro atoms. The third kappa shape index (κ3) is 8.03. The topological polar surface area (TPSA) is 119 Å². The van der Waals surface area contributed by atoms with Gasteiger partial charge in [-0.1, -0.05) is 71.6 Å². The molecule has 0 saturated carbocycles. The van der Waals surface area contributed by atoms with E-state index < -0.39 is 38.0 Å². The van der Waals surface area contributed by atoms with Gasteiger partial charge in [0.1, 0.15) is 18.1 Å². The summed E-state index contributed by atoms with van der Waals surface area (Å²) in [4.78, 5) is 31.7. The summed E-state index contributed by atoms with van der Waals surface area (Å²) in [6.07, 6.45) is 6.75. The first-order valence-corrected chi connectivity index (χ1v) is 19.9. The van der Waals surface area contributed by atoms with E-state index in [0.717, 1.165) is 28.1 Å². The molecule has 0 radical (unpaired) electrons. The molecule has 2 aromatic rings. The number of hydrogen-bond donors (Lipinski definition) is 3. The Morgan fingerprint density at radius 2 is 1.85 bits per heavy atom. The fourth-order valence-corrected chi connectivity index (χ4v) is 8.82. The van der Waals surface area contributed by atoms with Gasteiger partial charge in [-0.15, -0.1) is 0 Å². The average molecular weight is 655 g/mol. The molecule has 9 heteroatoms. The second kappa shape index (κ2) is 14.1. The van der Waals surface area contributed by atoms with Crippen molar-refractivity contribution in [1.82, 2.24) is 15.4 Å². The largest absolute Gasteiger partial charge is 0.457 e. The number of cyclic esters (lactones) is 1. The number of carbonyl (C=O) groups is 2. The summed E-state index contributed by atoms with van der Waals surface area (Å²) in [6, 6.07) is 8.10. The van der Waals surface area contributed by atoms with Crippen molar-refractivity contribution in [1.29, 1.82) is 10.8 Å². The van der Waals surface area contributed by atoms with E-state index in [2.05, 4.69) is 57.8 Å². The molecule has 2 aliphatic heterocycles. The van der Waals surface area contributed by atoms with Crippen LogP contribution in [0, 0.1) is 35.2 Å².